The van der Waals surface area contributed by atoms with Crippen molar-refractivity contribution >= 4 is 5.78 Å². The van der Waals surface area contributed by atoms with Gasteiger partial charge in [-0.25, -0.2) is 0 Å². The van der Waals surface area contributed by atoms with E-state index < -0.39 is 0 Å². The maximum absolute atomic E-state index is 12.6. The molecular formula is C22H31N3O2. The monoisotopic (exact) mass is 369 g/mol. The zero-order valence-corrected chi connectivity index (χ0v) is 17.0. The minimum atomic E-state index is 0.219. The number of carbonyl (C=O) groups is 1. The molecule has 1 aromatic carbocycles. The maximum atomic E-state index is 12.6. The Labute approximate surface area is 162 Å². The van der Waals surface area contributed by atoms with Crippen LogP contribution in [0.1, 0.15) is 68.3 Å². The third-order valence-corrected chi connectivity index (χ3v) is 5.28. The number of hydrogen-bond donors (Lipinski definition) is 0. The molecule has 0 radical (unpaired) electrons. The van der Waals surface area contributed by atoms with E-state index in [0.717, 1.165) is 41.4 Å². The molecule has 0 amide bonds. The van der Waals surface area contributed by atoms with E-state index in [2.05, 4.69) is 28.6 Å². The molecule has 146 valence electrons. The number of methoxy groups -OCH3 is 1. The Hall–Kier alpha value is -2.17. The van der Waals surface area contributed by atoms with Gasteiger partial charge >= 0.3 is 0 Å². The van der Waals surface area contributed by atoms with E-state index in [1.807, 2.05) is 25.1 Å². The van der Waals surface area contributed by atoms with Gasteiger partial charge in [-0.15, -0.1) is 10.2 Å². The van der Waals surface area contributed by atoms with Crippen LogP contribution in [0.4, 0.5) is 0 Å². The molecular weight excluding hydrogens is 338 g/mol. The van der Waals surface area contributed by atoms with Crippen molar-refractivity contribution in [3.05, 3.63) is 41.0 Å². The van der Waals surface area contributed by atoms with Gasteiger partial charge in [0.25, 0.3) is 0 Å². The number of Topliss-reactive ketones (excluding diaryl/α,β-unsaturated/α-hetero) is 1. The first-order valence-corrected chi connectivity index (χ1v) is 10.1. The lowest BCUT2D eigenvalue weighted by atomic mass is 10.00. The lowest BCUT2D eigenvalue weighted by molar-refractivity contribution is -0.118. The highest BCUT2D eigenvalue weighted by atomic mass is 16.5. The second-order valence-electron chi connectivity index (χ2n) is 8.04. The predicted octanol–water partition coefficient (Wildman–Crippen LogP) is 4.26. The molecule has 1 saturated carbocycles. The fourth-order valence-corrected chi connectivity index (χ4v) is 3.50. The Morgan fingerprint density at radius 1 is 1.22 bits per heavy atom. The van der Waals surface area contributed by atoms with Crippen LogP contribution in [-0.2, 0) is 24.1 Å². The van der Waals surface area contributed by atoms with E-state index in [1.54, 1.807) is 7.11 Å². The van der Waals surface area contributed by atoms with Gasteiger partial charge in [-0.2, -0.15) is 0 Å². The molecule has 1 aliphatic rings. The van der Waals surface area contributed by atoms with Gasteiger partial charge in [0, 0.05) is 37.3 Å². The van der Waals surface area contributed by atoms with E-state index in [9.17, 15) is 4.79 Å². The molecule has 27 heavy (non-hydrogen) atoms. The van der Waals surface area contributed by atoms with Crippen molar-refractivity contribution in [1.29, 1.82) is 0 Å². The van der Waals surface area contributed by atoms with Crippen LogP contribution < -0.4 is 4.74 Å². The molecule has 0 bridgehead atoms. The van der Waals surface area contributed by atoms with Gasteiger partial charge < -0.3 is 9.30 Å². The molecule has 0 N–H and O–H groups in total. The number of aryl methyl sites for hydroxylation is 3. The third kappa shape index (κ3) is 4.96. The first-order chi connectivity index (χ1) is 13.0. The summed E-state index contributed by atoms with van der Waals surface area (Å²) < 4.78 is 7.73. The van der Waals surface area contributed by atoms with Crippen LogP contribution in [-0.4, -0.2) is 27.7 Å². The number of ketones is 1. The topological polar surface area (TPSA) is 57.0 Å². The summed E-state index contributed by atoms with van der Waals surface area (Å²) in [6.07, 6.45) is 6.06. The van der Waals surface area contributed by atoms with Crippen molar-refractivity contribution < 1.29 is 9.53 Å². The third-order valence-electron chi connectivity index (χ3n) is 5.28. The summed E-state index contributed by atoms with van der Waals surface area (Å²) in [4.78, 5) is 12.6. The summed E-state index contributed by atoms with van der Waals surface area (Å²) >= 11 is 0. The van der Waals surface area contributed by atoms with Gasteiger partial charge in [-0.1, -0.05) is 26.0 Å². The zero-order chi connectivity index (χ0) is 19.4. The number of rotatable bonds is 10. The minimum absolute atomic E-state index is 0.219. The molecule has 0 atom stereocenters. The van der Waals surface area contributed by atoms with Gasteiger partial charge in [0.2, 0.25) is 0 Å². The lowest BCUT2D eigenvalue weighted by Crippen LogP contribution is -2.11. The first-order valence-electron chi connectivity index (χ1n) is 10.1. The van der Waals surface area contributed by atoms with Gasteiger partial charge in [-0.3, -0.25) is 4.79 Å². The number of ether oxygens (including phenoxy) is 1. The van der Waals surface area contributed by atoms with Crippen LogP contribution in [0.25, 0.3) is 0 Å². The zero-order valence-electron chi connectivity index (χ0n) is 17.0. The van der Waals surface area contributed by atoms with Crippen molar-refractivity contribution in [2.24, 2.45) is 5.92 Å². The number of nitrogens with zero attached hydrogens (tertiary/aromatic N) is 3. The summed E-state index contributed by atoms with van der Waals surface area (Å²) in [7, 11) is 1.65. The fourth-order valence-electron chi connectivity index (χ4n) is 3.50. The van der Waals surface area contributed by atoms with Crippen molar-refractivity contribution in [2.75, 3.05) is 7.11 Å². The minimum Gasteiger partial charge on any atom is -0.496 e. The van der Waals surface area contributed by atoms with Crippen LogP contribution in [0.5, 0.6) is 5.75 Å². The van der Waals surface area contributed by atoms with Crippen molar-refractivity contribution in [2.45, 2.75) is 71.8 Å². The van der Waals surface area contributed by atoms with E-state index in [1.165, 1.54) is 12.8 Å². The molecule has 1 aliphatic carbocycles. The number of aromatic nitrogens is 3. The molecule has 0 aliphatic heterocycles. The fraction of sp³-hybridized carbons (Fsp3) is 0.591. The summed E-state index contributed by atoms with van der Waals surface area (Å²) in [5.74, 6) is 3.73. The second kappa shape index (κ2) is 8.68. The van der Waals surface area contributed by atoms with Crippen LogP contribution in [0.3, 0.4) is 0 Å². The molecule has 5 heteroatoms. The number of carbonyl (C=O) groups excluding carboxylic acids is 1. The maximum Gasteiger partial charge on any atom is 0.137 e. The Bertz CT molecular complexity index is 791. The van der Waals surface area contributed by atoms with Gasteiger partial charge in [-0.05, 0) is 43.7 Å². The number of hydrogen-bond acceptors (Lipinski definition) is 4. The molecule has 3 rings (SSSR count). The number of benzene rings is 1. The molecule has 0 unspecified atom stereocenters. The second-order valence-corrected chi connectivity index (χ2v) is 8.04. The first kappa shape index (κ1) is 19.6. The molecule has 1 aromatic heterocycles. The van der Waals surface area contributed by atoms with Crippen LogP contribution in [0.2, 0.25) is 0 Å². The van der Waals surface area contributed by atoms with Gasteiger partial charge in [0.15, 0.2) is 0 Å². The standard InChI is InChI=1S/C22H31N3O2/c1-15(2)8-12-21-23-24-22(25(21)17-9-10-17)13-11-18(26)14-19-16(3)6-5-7-20(19)27-4/h5-7,15,17H,8-14H2,1-4H3. The summed E-state index contributed by atoms with van der Waals surface area (Å²) in [5.41, 5.74) is 2.09. The normalized spacial score (nSPS) is 14.0. The van der Waals surface area contributed by atoms with Crippen LogP contribution >= 0.6 is 0 Å². The Balaban J connectivity index is 1.64. The molecule has 2 aromatic rings. The summed E-state index contributed by atoms with van der Waals surface area (Å²) in [6, 6.07) is 6.44. The Morgan fingerprint density at radius 2 is 1.93 bits per heavy atom. The van der Waals surface area contributed by atoms with E-state index >= 15 is 0 Å². The molecule has 1 heterocycles. The molecule has 1 fully saturated rings. The predicted molar refractivity (Wildman–Crippen MR) is 106 cm³/mol. The highest BCUT2D eigenvalue weighted by molar-refractivity contribution is 5.82. The highest BCUT2D eigenvalue weighted by Gasteiger charge is 2.29. The SMILES string of the molecule is COc1cccc(C)c1CC(=O)CCc1nnc(CCC(C)C)n1C1CC1. The van der Waals surface area contributed by atoms with Crippen molar-refractivity contribution in [1.82, 2.24) is 14.8 Å². The van der Waals surface area contributed by atoms with Gasteiger partial charge in [0.1, 0.15) is 23.2 Å². The largest absolute Gasteiger partial charge is 0.496 e. The molecule has 0 saturated heterocycles. The average Bonchev–Trinajstić information content (AvgIpc) is 3.40. The lowest BCUT2D eigenvalue weighted by Gasteiger charge is -2.12. The van der Waals surface area contributed by atoms with Crippen molar-refractivity contribution in [3.8, 4) is 5.75 Å². The Kier molecular flexibility index (Phi) is 6.30. The molecule has 5 nitrogen and oxygen atoms in total. The summed E-state index contributed by atoms with van der Waals surface area (Å²) in [6.45, 7) is 6.49. The van der Waals surface area contributed by atoms with E-state index in [-0.39, 0.29) is 5.78 Å². The van der Waals surface area contributed by atoms with Crippen LogP contribution in [0, 0.1) is 12.8 Å². The quantitative estimate of drug-likeness (QED) is 0.628. The van der Waals surface area contributed by atoms with E-state index in [4.69, 9.17) is 4.74 Å². The molecule has 0 spiro atoms. The smallest absolute Gasteiger partial charge is 0.137 e. The summed E-state index contributed by atoms with van der Waals surface area (Å²) in [5, 5.41) is 8.86. The van der Waals surface area contributed by atoms with E-state index in [0.29, 0.717) is 31.2 Å². The highest BCUT2D eigenvalue weighted by Crippen LogP contribution is 2.37. The van der Waals surface area contributed by atoms with Crippen LogP contribution in [0.15, 0.2) is 18.2 Å². The average molecular weight is 370 g/mol. The van der Waals surface area contributed by atoms with Gasteiger partial charge in [0.05, 0.1) is 7.11 Å². The Morgan fingerprint density at radius 3 is 2.56 bits per heavy atom. The van der Waals surface area contributed by atoms with Crippen molar-refractivity contribution in [3.63, 3.8) is 0 Å².